The predicted molar refractivity (Wildman–Crippen MR) is 65.9 cm³/mol. The van der Waals surface area contributed by atoms with E-state index in [1.54, 1.807) is 0 Å². The molecule has 82 valence electrons. The van der Waals surface area contributed by atoms with Gasteiger partial charge in [-0.15, -0.1) is 0 Å². The van der Waals surface area contributed by atoms with Gasteiger partial charge in [0.25, 0.3) is 0 Å². The van der Waals surface area contributed by atoms with Gasteiger partial charge in [-0.05, 0) is 42.3 Å². The van der Waals surface area contributed by atoms with E-state index in [1.165, 1.54) is 11.8 Å². The Labute approximate surface area is 100.0 Å². The van der Waals surface area contributed by atoms with Crippen molar-refractivity contribution >= 4 is 16.9 Å². The monoisotopic (exact) mass is 231 g/mol. The lowest BCUT2D eigenvalue weighted by atomic mass is 10.1. The van der Waals surface area contributed by atoms with Crippen LogP contribution < -0.4 is 0 Å². The van der Waals surface area contributed by atoms with Crippen LogP contribution in [0.3, 0.4) is 0 Å². The van der Waals surface area contributed by atoms with Gasteiger partial charge in [0.1, 0.15) is 0 Å². The van der Waals surface area contributed by atoms with Crippen LogP contribution in [0.4, 0.5) is 0 Å². The van der Waals surface area contributed by atoms with Crippen LogP contribution in [-0.4, -0.2) is 5.12 Å². The minimum Gasteiger partial charge on any atom is -0.282 e. The number of carbonyl (C=O) groups excluding carboxylic acids is 1. The van der Waals surface area contributed by atoms with Gasteiger partial charge in [0.2, 0.25) is 5.12 Å². The molecule has 0 heterocycles. The van der Waals surface area contributed by atoms with Crippen molar-refractivity contribution in [3.05, 3.63) is 42.5 Å². The number of nitriles is 1. The van der Waals surface area contributed by atoms with E-state index in [4.69, 9.17) is 5.26 Å². The lowest BCUT2D eigenvalue weighted by Gasteiger charge is -2.02. The SMILES string of the molecule is C=C(CCCC#N)C(=O)Sc1ccccc1. The summed E-state index contributed by atoms with van der Waals surface area (Å²) in [7, 11) is 0. The van der Waals surface area contributed by atoms with Crippen molar-refractivity contribution in [2.24, 2.45) is 0 Å². The Bertz CT molecular complexity index is 406. The molecule has 1 aromatic carbocycles. The first-order valence-electron chi connectivity index (χ1n) is 5.06. The number of carbonyl (C=O) groups is 1. The van der Waals surface area contributed by atoms with Crippen LogP contribution >= 0.6 is 11.8 Å². The Hall–Kier alpha value is -1.53. The van der Waals surface area contributed by atoms with Gasteiger partial charge in [0.15, 0.2) is 0 Å². The maximum atomic E-state index is 11.7. The molecule has 0 aliphatic carbocycles. The van der Waals surface area contributed by atoms with Gasteiger partial charge in [-0.2, -0.15) is 5.26 Å². The van der Waals surface area contributed by atoms with Crippen LogP contribution in [0, 0.1) is 11.3 Å². The average Bonchev–Trinajstić information content (AvgIpc) is 2.30. The summed E-state index contributed by atoms with van der Waals surface area (Å²) in [5, 5.41) is 8.37. The maximum Gasteiger partial charge on any atom is 0.219 e. The van der Waals surface area contributed by atoms with Crippen LogP contribution in [0.15, 0.2) is 47.4 Å². The first kappa shape index (κ1) is 12.5. The van der Waals surface area contributed by atoms with Crippen molar-refractivity contribution < 1.29 is 4.79 Å². The van der Waals surface area contributed by atoms with E-state index in [1.807, 2.05) is 30.3 Å². The van der Waals surface area contributed by atoms with Crippen molar-refractivity contribution in [2.45, 2.75) is 24.2 Å². The topological polar surface area (TPSA) is 40.9 Å². The van der Waals surface area contributed by atoms with Gasteiger partial charge in [-0.1, -0.05) is 24.8 Å². The maximum absolute atomic E-state index is 11.7. The van der Waals surface area contributed by atoms with Gasteiger partial charge < -0.3 is 0 Å². The van der Waals surface area contributed by atoms with E-state index in [0.29, 0.717) is 24.8 Å². The highest BCUT2D eigenvalue weighted by Crippen LogP contribution is 2.23. The molecule has 0 saturated carbocycles. The quantitative estimate of drug-likeness (QED) is 0.442. The Morgan fingerprint density at radius 3 is 2.69 bits per heavy atom. The molecule has 0 aliphatic heterocycles. The van der Waals surface area contributed by atoms with E-state index >= 15 is 0 Å². The fourth-order valence-corrected chi connectivity index (χ4v) is 1.90. The Morgan fingerprint density at radius 2 is 2.06 bits per heavy atom. The van der Waals surface area contributed by atoms with Crippen LogP contribution in [0.5, 0.6) is 0 Å². The molecule has 1 aromatic rings. The molecule has 0 aliphatic rings. The second kappa shape index (κ2) is 6.86. The van der Waals surface area contributed by atoms with Gasteiger partial charge in [0.05, 0.1) is 6.07 Å². The standard InChI is InChI=1S/C13H13NOS/c1-11(7-5-6-10-14)13(15)16-12-8-3-2-4-9-12/h2-4,8-9H,1,5-7H2. The average molecular weight is 231 g/mol. The molecule has 0 spiro atoms. The molecule has 2 nitrogen and oxygen atoms in total. The van der Waals surface area contributed by atoms with Crippen LogP contribution in [0.2, 0.25) is 0 Å². The second-order valence-corrected chi connectivity index (χ2v) is 4.36. The molecule has 0 bridgehead atoms. The fourth-order valence-electron chi connectivity index (χ4n) is 1.15. The summed E-state index contributed by atoms with van der Waals surface area (Å²) in [5.41, 5.74) is 0.587. The molecular formula is C13H13NOS. The third-order valence-electron chi connectivity index (χ3n) is 2.01. The van der Waals surface area contributed by atoms with E-state index in [9.17, 15) is 4.79 Å². The van der Waals surface area contributed by atoms with E-state index in [0.717, 1.165) is 4.90 Å². The van der Waals surface area contributed by atoms with Gasteiger partial charge in [-0.3, -0.25) is 4.79 Å². The molecule has 0 atom stereocenters. The molecule has 0 fully saturated rings. The summed E-state index contributed by atoms with van der Waals surface area (Å²) in [6, 6.07) is 11.5. The third-order valence-corrected chi connectivity index (χ3v) is 2.99. The molecule has 0 unspecified atom stereocenters. The number of nitrogens with zero attached hydrogens (tertiary/aromatic N) is 1. The lowest BCUT2D eigenvalue weighted by Crippen LogP contribution is -1.95. The van der Waals surface area contributed by atoms with Crippen molar-refractivity contribution in [1.29, 1.82) is 5.26 Å². The van der Waals surface area contributed by atoms with Crippen molar-refractivity contribution in [3.8, 4) is 6.07 Å². The van der Waals surface area contributed by atoms with E-state index < -0.39 is 0 Å². The molecule has 0 N–H and O–H groups in total. The van der Waals surface area contributed by atoms with Crippen molar-refractivity contribution in [1.82, 2.24) is 0 Å². The number of unbranched alkanes of at least 4 members (excludes halogenated alkanes) is 1. The first-order valence-corrected chi connectivity index (χ1v) is 5.87. The highest BCUT2D eigenvalue weighted by molar-refractivity contribution is 8.14. The molecular weight excluding hydrogens is 218 g/mol. The smallest absolute Gasteiger partial charge is 0.219 e. The van der Waals surface area contributed by atoms with Crippen LogP contribution in [-0.2, 0) is 4.79 Å². The molecule has 0 aromatic heterocycles. The van der Waals surface area contributed by atoms with Crippen LogP contribution in [0.25, 0.3) is 0 Å². The van der Waals surface area contributed by atoms with Gasteiger partial charge in [-0.25, -0.2) is 0 Å². The zero-order valence-electron chi connectivity index (χ0n) is 8.98. The van der Waals surface area contributed by atoms with Crippen molar-refractivity contribution in [3.63, 3.8) is 0 Å². The minimum atomic E-state index is -0.0101. The Morgan fingerprint density at radius 1 is 1.38 bits per heavy atom. The van der Waals surface area contributed by atoms with E-state index in [-0.39, 0.29) is 5.12 Å². The molecule has 0 amide bonds. The lowest BCUT2D eigenvalue weighted by molar-refractivity contribution is -0.108. The minimum absolute atomic E-state index is 0.0101. The van der Waals surface area contributed by atoms with Crippen molar-refractivity contribution in [2.75, 3.05) is 0 Å². The molecule has 0 saturated heterocycles. The number of hydrogen-bond acceptors (Lipinski definition) is 3. The summed E-state index contributed by atoms with van der Waals surface area (Å²) in [4.78, 5) is 12.6. The van der Waals surface area contributed by atoms with Gasteiger partial charge in [0, 0.05) is 11.3 Å². The summed E-state index contributed by atoms with van der Waals surface area (Å²) in [6.07, 6.45) is 1.78. The Kier molecular flexibility index (Phi) is 5.38. The summed E-state index contributed by atoms with van der Waals surface area (Å²) >= 11 is 1.19. The normalized spacial score (nSPS) is 9.44. The molecule has 16 heavy (non-hydrogen) atoms. The number of benzene rings is 1. The van der Waals surface area contributed by atoms with E-state index in [2.05, 4.69) is 12.6 Å². The highest BCUT2D eigenvalue weighted by Gasteiger charge is 2.08. The number of thioether (sulfide) groups is 1. The largest absolute Gasteiger partial charge is 0.282 e. The Balaban J connectivity index is 2.41. The molecule has 3 heteroatoms. The molecule has 1 rings (SSSR count). The predicted octanol–water partition coefficient (Wildman–Crippen LogP) is 3.56. The molecule has 0 radical (unpaired) electrons. The third kappa shape index (κ3) is 4.33. The fraction of sp³-hybridized carbons (Fsp3) is 0.231. The van der Waals surface area contributed by atoms with Crippen LogP contribution in [0.1, 0.15) is 19.3 Å². The summed E-state index contributed by atoms with van der Waals surface area (Å²) < 4.78 is 0. The number of hydrogen-bond donors (Lipinski definition) is 0. The summed E-state index contributed by atoms with van der Waals surface area (Å²) in [5.74, 6) is 0. The zero-order chi connectivity index (χ0) is 11.8. The number of rotatable bonds is 5. The highest BCUT2D eigenvalue weighted by atomic mass is 32.2. The summed E-state index contributed by atoms with van der Waals surface area (Å²) in [6.45, 7) is 3.74. The second-order valence-electron chi connectivity index (χ2n) is 3.32. The van der Waals surface area contributed by atoms with Gasteiger partial charge >= 0.3 is 0 Å². The zero-order valence-corrected chi connectivity index (χ0v) is 9.80. The first-order chi connectivity index (χ1) is 7.74.